The van der Waals surface area contributed by atoms with Crippen LogP contribution in [0.4, 0.5) is 0 Å². The van der Waals surface area contributed by atoms with E-state index in [1.54, 1.807) is 13.1 Å². The van der Waals surface area contributed by atoms with E-state index >= 15 is 0 Å². The molecule has 0 bridgehead atoms. The Kier molecular flexibility index (Phi) is 4.73. The number of rotatable bonds is 6. The predicted molar refractivity (Wildman–Crippen MR) is 68.0 cm³/mol. The summed E-state index contributed by atoms with van der Waals surface area (Å²) in [5.41, 5.74) is 6.18. The lowest BCUT2D eigenvalue weighted by atomic mass is 10.2. The van der Waals surface area contributed by atoms with Crippen LogP contribution in [-0.2, 0) is 16.6 Å². The highest BCUT2D eigenvalue weighted by Crippen LogP contribution is 2.20. The van der Waals surface area contributed by atoms with E-state index in [2.05, 4.69) is 4.98 Å². The van der Waals surface area contributed by atoms with Crippen LogP contribution in [-0.4, -0.2) is 30.8 Å². The third-order valence-electron chi connectivity index (χ3n) is 3.07. The first-order valence-electron chi connectivity index (χ1n) is 5.82. The molecule has 0 aromatic carbocycles. The molecule has 0 aliphatic heterocycles. The lowest BCUT2D eigenvalue weighted by Gasteiger charge is -2.24. The fourth-order valence-electron chi connectivity index (χ4n) is 1.85. The molecule has 0 saturated heterocycles. The molecule has 0 radical (unpaired) electrons. The number of sulfonamides is 1. The van der Waals surface area contributed by atoms with Gasteiger partial charge in [-0.15, -0.1) is 0 Å². The highest BCUT2D eigenvalue weighted by Gasteiger charge is 2.26. The number of nitrogens with two attached hydrogens (primary N) is 1. The van der Waals surface area contributed by atoms with Crippen molar-refractivity contribution in [3.63, 3.8) is 0 Å². The lowest BCUT2D eigenvalue weighted by molar-refractivity contribution is 0.350. The zero-order valence-electron chi connectivity index (χ0n) is 10.6. The van der Waals surface area contributed by atoms with E-state index in [1.165, 1.54) is 10.5 Å². The largest absolute Gasteiger partial charge is 0.363 e. The van der Waals surface area contributed by atoms with Gasteiger partial charge in [0, 0.05) is 31.5 Å². The van der Waals surface area contributed by atoms with Crippen LogP contribution in [0.15, 0.2) is 17.2 Å². The van der Waals surface area contributed by atoms with Gasteiger partial charge in [-0.25, -0.2) is 8.42 Å². The molecule has 1 aromatic heterocycles. The summed E-state index contributed by atoms with van der Waals surface area (Å²) in [7, 11) is -1.78. The van der Waals surface area contributed by atoms with Gasteiger partial charge in [0.25, 0.3) is 0 Å². The summed E-state index contributed by atoms with van der Waals surface area (Å²) in [6.45, 7) is 4.29. The van der Waals surface area contributed by atoms with Gasteiger partial charge in [0.1, 0.15) is 0 Å². The molecule has 98 valence electrons. The van der Waals surface area contributed by atoms with Gasteiger partial charge in [-0.1, -0.05) is 13.8 Å². The molecule has 5 nitrogen and oxygen atoms in total. The second-order valence-corrected chi connectivity index (χ2v) is 6.05. The van der Waals surface area contributed by atoms with Crippen molar-refractivity contribution in [3.8, 4) is 0 Å². The molecule has 1 aromatic rings. The van der Waals surface area contributed by atoms with Crippen LogP contribution in [0.25, 0.3) is 0 Å². The maximum absolute atomic E-state index is 12.3. The van der Waals surface area contributed by atoms with Crippen molar-refractivity contribution in [2.24, 2.45) is 5.73 Å². The first-order chi connectivity index (χ1) is 7.97. The topological polar surface area (TPSA) is 79.2 Å². The summed E-state index contributed by atoms with van der Waals surface area (Å²) in [4.78, 5) is 3.15. The minimum absolute atomic E-state index is 0.0382. The average molecular weight is 259 g/mol. The third-order valence-corrected chi connectivity index (χ3v) is 4.96. The first kappa shape index (κ1) is 14.2. The lowest BCUT2D eigenvalue weighted by Crippen LogP contribution is -2.36. The number of aromatic nitrogens is 1. The molecule has 0 atom stereocenters. The Hall–Kier alpha value is -0.850. The third kappa shape index (κ3) is 2.88. The van der Waals surface area contributed by atoms with Crippen LogP contribution in [0.2, 0.25) is 0 Å². The van der Waals surface area contributed by atoms with Crippen LogP contribution in [0, 0.1) is 0 Å². The second kappa shape index (κ2) is 5.66. The number of hydrogen-bond acceptors (Lipinski definition) is 3. The molecule has 0 amide bonds. The summed E-state index contributed by atoms with van der Waals surface area (Å²) in [6, 6.07) is 1.63. The van der Waals surface area contributed by atoms with Crippen molar-refractivity contribution in [1.82, 2.24) is 9.29 Å². The van der Waals surface area contributed by atoms with Crippen LogP contribution in [0.1, 0.15) is 32.4 Å². The molecular weight excluding hydrogens is 238 g/mol. The summed E-state index contributed by atoms with van der Waals surface area (Å²) in [5.74, 6) is 0. The molecule has 0 aliphatic carbocycles. The molecule has 0 spiro atoms. The average Bonchev–Trinajstić information content (AvgIpc) is 2.79. The van der Waals surface area contributed by atoms with Gasteiger partial charge in [0.2, 0.25) is 10.0 Å². The molecule has 0 aliphatic rings. The van der Waals surface area contributed by atoms with Crippen LogP contribution >= 0.6 is 0 Å². The van der Waals surface area contributed by atoms with E-state index < -0.39 is 10.0 Å². The van der Waals surface area contributed by atoms with Crippen molar-refractivity contribution in [3.05, 3.63) is 18.0 Å². The van der Waals surface area contributed by atoms with Crippen LogP contribution in [0.5, 0.6) is 0 Å². The summed E-state index contributed by atoms with van der Waals surface area (Å²) >= 11 is 0. The summed E-state index contributed by atoms with van der Waals surface area (Å²) in [5, 5.41) is 0. The monoisotopic (exact) mass is 259 g/mol. The Morgan fingerprint density at radius 2 is 2.00 bits per heavy atom. The Balaban J connectivity index is 3.01. The number of aromatic amines is 1. The number of H-pyrrole nitrogens is 1. The van der Waals surface area contributed by atoms with Gasteiger partial charge in [-0.2, -0.15) is 4.31 Å². The molecule has 17 heavy (non-hydrogen) atoms. The minimum atomic E-state index is -3.41. The van der Waals surface area contributed by atoms with Crippen molar-refractivity contribution in [1.29, 1.82) is 0 Å². The first-order valence-corrected chi connectivity index (χ1v) is 7.26. The van der Waals surface area contributed by atoms with Gasteiger partial charge in [0.15, 0.2) is 0 Å². The normalized spacial score (nSPS) is 12.6. The molecule has 3 N–H and O–H groups in total. The minimum Gasteiger partial charge on any atom is -0.363 e. The van der Waals surface area contributed by atoms with Crippen molar-refractivity contribution in [2.75, 3.05) is 7.05 Å². The van der Waals surface area contributed by atoms with Gasteiger partial charge in [-0.3, -0.25) is 0 Å². The Morgan fingerprint density at radius 3 is 2.41 bits per heavy atom. The van der Waals surface area contributed by atoms with Gasteiger partial charge in [-0.05, 0) is 18.9 Å². The highest BCUT2D eigenvalue weighted by molar-refractivity contribution is 7.89. The smallest absolute Gasteiger partial charge is 0.244 e. The zero-order chi connectivity index (χ0) is 13.1. The maximum Gasteiger partial charge on any atom is 0.244 e. The zero-order valence-corrected chi connectivity index (χ0v) is 11.4. The van der Waals surface area contributed by atoms with Gasteiger partial charge < -0.3 is 10.7 Å². The standard InChI is InChI=1S/C11H21N3O2S/c1-4-10(5-2)14(3)17(15,16)11-6-9(7-12)13-8-11/h6,8,10,13H,4-5,7,12H2,1-3H3. The number of nitrogens with zero attached hydrogens (tertiary/aromatic N) is 1. The van der Waals surface area contributed by atoms with E-state index in [0.29, 0.717) is 6.54 Å². The quantitative estimate of drug-likeness (QED) is 0.807. The van der Waals surface area contributed by atoms with E-state index in [4.69, 9.17) is 5.73 Å². The SMILES string of the molecule is CCC(CC)N(C)S(=O)(=O)c1c[nH]c(CN)c1. The highest BCUT2D eigenvalue weighted by atomic mass is 32.2. The van der Waals surface area contributed by atoms with E-state index in [0.717, 1.165) is 18.5 Å². The predicted octanol–water partition coefficient (Wildman–Crippen LogP) is 1.28. The van der Waals surface area contributed by atoms with Crippen molar-refractivity contribution in [2.45, 2.75) is 44.2 Å². The van der Waals surface area contributed by atoms with Gasteiger partial charge in [0.05, 0.1) is 4.90 Å². The van der Waals surface area contributed by atoms with Crippen molar-refractivity contribution >= 4 is 10.0 Å². The molecule has 6 heteroatoms. The Bertz CT molecular complexity index is 449. The van der Waals surface area contributed by atoms with E-state index in [1.807, 2.05) is 13.8 Å². The molecule has 0 fully saturated rings. The van der Waals surface area contributed by atoms with E-state index in [-0.39, 0.29) is 10.9 Å². The number of nitrogens with one attached hydrogen (secondary N) is 1. The Morgan fingerprint density at radius 1 is 1.41 bits per heavy atom. The van der Waals surface area contributed by atoms with Crippen molar-refractivity contribution < 1.29 is 8.42 Å². The van der Waals surface area contributed by atoms with Crippen LogP contribution in [0.3, 0.4) is 0 Å². The fourth-order valence-corrected chi connectivity index (χ4v) is 3.37. The Labute approximate surface area is 103 Å². The second-order valence-electron chi connectivity index (χ2n) is 4.06. The fraction of sp³-hybridized carbons (Fsp3) is 0.636. The molecular formula is C11H21N3O2S. The van der Waals surface area contributed by atoms with Gasteiger partial charge >= 0.3 is 0 Å². The maximum atomic E-state index is 12.3. The molecule has 0 saturated carbocycles. The van der Waals surface area contributed by atoms with Crippen LogP contribution < -0.4 is 5.73 Å². The number of hydrogen-bond donors (Lipinski definition) is 2. The molecule has 0 unspecified atom stereocenters. The summed E-state index contributed by atoms with van der Waals surface area (Å²) in [6.07, 6.45) is 3.11. The van der Waals surface area contributed by atoms with E-state index in [9.17, 15) is 8.42 Å². The summed E-state index contributed by atoms with van der Waals surface area (Å²) < 4.78 is 26.0. The molecule has 1 rings (SSSR count). The molecule has 1 heterocycles.